The van der Waals surface area contributed by atoms with Gasteiger partial charge in [0.2, 0.25) is 0 Å². The van der Waals surface area contributed by atoms with E-state index in [-0.39, 0.29) is 42.0 Å². The average molecular weight is 548 g/mol. The zero-order valence-electron chi connectivity index (χ0n) is 23.4. The van der Waals surface area contributed by atoms with E-state index in [1.807, 2.05) is 12.1 Å². The van der Waals surface area contributed by atoms with Gasteiger partial charge in [-0.3, -0.25) is 14.4 Å². The number of rotatable bonds is 10. The molecule has 0 spiro atoms. The predicted octanol–water partition coefficient (Wildman–Crippen LogP) is 2.80. The highest BCUT2D eigenvalue weighted by Crippen LogP contribution is 2.38. The Hall–Kier alpha value is -3.66. The number of primary amides is 1. The molecule has 3 saturated heterocycles. The van der Waals surface area contributed by atoms with Crippen molar-refractivity contribution in [2.24, 2.45) is 5.73 Å². The van der Waals surface area contributed by atoms with Crippen molar-refractivity contribution in [3.8, 4) is 0 Å². The number of carbonyl (C=O) groups excluding carboxylic acids is 3. The number of nitrogens with one attached hydrogen (secondary N) is 4. The maximum atomic E-state index is 13.3. The lowest BCUT2D eigenvalue weighted by molar-refractivity contribution is 0.0922. The van der Waals surface area contributed by atoms with Gasteiger partial charge in [-0.2, -0.15) is 0 Å². The number of piperidine rings is 1. The highest BCUT2D eigenvalue weighted by atomic mass is 16.2. The highest BCUT2D eigenvalue weighted by Gasteiger charge is 2.42. The largest absolute Gasteiger partial charge is 0.382 e. The number of fused-ring (bicyclic) bond motifs is 2. The maximum absolute atomic E-state index is 13.3. The van der Waals surface area contributed by atoms with Crippen LogP contribution in [0.15, 0.2) is 36.5 Å². The molecule has 1 aromatic heterocycles. The van der Waals surface area contributed by atoms with Gasteiger partial charge in [-0.15, -0.1) is 0 Å². The first kappa shape index (κ1) is 27.9. The first-order valence-corrected chi connectivity index (χ1v) is 14.6. The summed E-state index contributed by atoms with van der Waals surface area (Å²) in [6.07, 6.45) is 8.17. The molecule has 40 heavy (non-hydrogen) atoms. The molecule has 3 fully saturated rings. The highest BCUT2D eigenvalue weighted by molar-refractivity contribution is 6.02. The van der Waals surface area contributed by atoms with Crippen LogP contribution in [0.25, 0.3) is 0 Å². The third-order valence-electron chi connectivity index (χ3n) is 8.63. The topological polar surface area (TPSA) is 141 Å². The van der Waals surface area contributed by atoms with Gasteiger partial charge in [-0.25, -0.2) is 4.98 Å². The Bertz CT molecular complexity index is 1210. The van der Waals surface area contributed by atoms with Crippen LogP contribution in [-0.2, 0) is 0 Å². The summed E-state index contributed by atoms with van der Waals surface area (Å²) in [5.74, 6) is 0.139. The van der Waals surface area contributed by atoms with E-state index in [2.05, 4.69) is 45.0 Å². The van der Waals surface area contributed by atoms with Crippen LogP contribution in [0.3, 0.4) is 0 Å². The quantitative estimate of drug-likeness (QED) is 0.308. The van der Waals surface area contributed by atoms with Crippen LogP contribution in [-0.4, -0.2) is 66.0 Å². The van der Waals surface area contributed by atoms with E-state index in [9.17, 15) is 14.4 Å². The molecule has 6 N–H and O–H groups in total. The Morgan fingerprint density at radius 1 is 0.975 bits per heavy atom. The van der Waals surface area contributed by atoms with E-state index in [0.717, 1.165) is 63.9 Å². The summed E-state index contributed by atoms with van der Waals surface area (Å²) in [7, 11) is 0. The van der Waals surface area contributed by atoms with Gasteiger partial charge in [0.25, 0.3) is 17.7 Å². The van der Waals surface area contributed by atoms with Gasteiger partial charge in [0.1, 0.15) is 5.82 Å². The Morgan fingerprint density at radius 2 is 1.65 bits per heavy atom. The summed E-state index contributed by atoms with van der Waals surface area (Å²) >= 11 is 0. The Balaban J connectivity index is 1.21. The molecular weight excluding hydrogens is 506 g/mol. The summed E-state index contributed by atoms with van der Waals surface area (Å²) in [5.41, 5.74) is 7.67. The van der Waals surface area contributed by atoms with Crippen LogP contribution in [0, 0.1) is 0 Å². The van der Waals surface area contributed by atoms with E-state index in [0.29, 0.717) is 22.4 Å². The Morgan fingerprint density at radius 3 is 2.25 bits per heavy atom. The minimum Gasteiger partial charge on any atom is -0.382 e. The van der Waals surface area contributed by atoms with Crippen molar-refractivity contribution in [2.75, 3.05) is 23.3 Å². The molecule has 0 aliphatic carbocycles. The van der Waals surface area contributed by atoms with E-state index in [1.54, 1.807) is 24.4 Å². The monoisotopic (exact) mass is 547 g/mol. The minimum absolute atomic E-state index is 0.0533. The van der Waals surface area contributed by atoms with Crippen molar-refractivity contribution < 1.29 is 14.4 Å². The number of anilines is 2. The van der Waals surface area contributed by atoms with Gasteiger partial charge in [0, 0.05) is 54.2 Å². The number of nitrogens with two attached hydrogens (primary N) is 1. The lowest BCUT2D eigenvalue weighted by atomic mass is 9.96. The molecule has 4 atom stereocenters. The molecule has 4 heterocycles. The van der Waals surface area contributed by atoms with Crippen LogP contribution >= 0.6 is 0 Å². The van der Waals surface area contributed by atoms with E-state index < -0.39 is 5.91 Å². The van der Waals surface area contributed by atoms with E-state index >= 15 is 0 Å². The number of nitrogens with zero attached hydrogens (tertiary/aromatic N) is 2. The number of carbonyl (C=O) groups is 3. The molecule has 1 unspecified atom stereocenters. The lowest BCUT2D eigenvalue weighted by Crippen LogP contribution is -2.50. The minimum atomic E-state index is -0.516. The number of pyridine rings is 1. The van der Waals surface area contributed by atoms with Crippen molar-refractivity contribution in [2.45, 2.75) is 89.0 Å². The predicted molar refractivity (Wildman–Crippen MR) is 156 cm³/mol. The number of hydrogen-bond donors (Lipinski definition) is 5. The fourth-order valence-electron chi connectivity index (χ4n) is 6.39. The second kappa shape index (κ2) is 12.2. The molecule has 5 rings (SSSR count). The zero-order valence-corrected chi connectivity index (χ0v) is 23.4. The Labute approximate surface area is 235 Å². The van der Waals surface area contributed by atoms with Crippen molar-refractivity contribution in [1.82, 2.24) is 20.9 Å². The van der Waals surface area contributed by atoms with Gasteiger partial charge in [-0.1, -0.05) is 13.8 Å². The van der Waals surface area contributed by atoms with Crippen LogP contribution in [0.2, 0.25) is 0 Å². The van der Waals surface area contributed by atoms with Gasteiger partial charge in [0.15, 0.2) is 0 Å². The standard InChI is InChI=1S/C30H41N7O3/c1-3-20(4-2)34-26-13-18(5-9-25(26)28(31)38)29(39)36-22-14-23-7-8-24(15-22)37(23)27-10-6-19(16-33-27)30(40)35-21-11-12-32-17-21/h5-6,9-10,13,16,20-24,32,34H,3-4,7-8,11-12,14-15,17H2,1-2H3,(H2,31,38)(H,35,40)(H,36,39)/t21-,22?,23-,24+/m1/s1. The van der Waals surface area contributed by atoms with Crippen LogP contribution in [0.4, 0.5) is 11.5 Å². The molecule has 2 bridgehead atoms. The fraction of sp³-hybridized carbons (Fsp3) is 0.533. The van der Waals surface area contributed by atoms with Crippen LogP contribution < -0.4 is 31.9 Å². The smallest absolute Gasteiger partial charge is 0.253 e. The van der Waals surface area contributed by atoms with Gasteiger partial charge >= 0.3 is 0 Å². The fourth-order valence-corrected chi connectivity index (χ4v) is 6.39. The molecule has 2 aromatic rings. The molecule has 0 radical (unpaired) electrons. The first-order valence-electron chi connectivity index (χ1n) is 14.6. The number of benzene rings is 1. The van der Waals surface area contributed by atoms with Crippen LogP contribution in [0.1, 0.15) is 89.9 Å². The normalized spacial score (nSPS) is 23.7. The second-order valence-electron chi connectivity index (χ2n) is 11.3. The van der Waals surface area contributed by atoms with Crippen molar-refractivity contribution >= 4 is 29.2 Å². The summed E-state index contributed by atoms with van der Waals surface area (Å²) in [4.78, 5) is 44.8. The zero-order chi connectivity index (χ0) is 28.2. The Kier molecular flexibility index (Phi) is 8.54. The van der Waals surface area contributed by atoms with Gasteiger partial charge in [0.05, 0.1) is 11.1 Å². The van der Waals surface area contributed by atoms with Crippen molar-refractivity contribution in [1.29, 1.82) is 0 Å². The SMILES string of the molecule is CCC(CC)Nc1cc(C(=O)NC2C[C@H]3CC[C@@H](C2)N3c2ccc(C(=O)N[C@@H]3CCNC3)cn2)ccc1C(N)=O. The maximum Gasteiger partial charge on any atom is 0.253 e. The summed E-state index contributed by atoms with van der Waals surface area (Å²) in [6, 6.07) is 9.83. The lowest BCUT2D eigenvalue weighted by Gasteiger charge is -2.40. The molecule has 10 nitrogen and oxygen atoms in total. The molecule has 0 saturated carbocycles. The number of hydrogen-bond acceptors (Lipinski definition) is 7. The summed E-state index contributed by atoms with van der Waals surface area (Å²) < 4.78 is 0. The van der Waals surface area contributed by atoms with Crippen LogP contribution in [0.5, 0.6) is 0 Å². The van der Waals surface area contributed by atoms with Gasteiger partial charge < -0.3 is 31.9 Å². The van der Waals surface area contributed by atoms with E-state index in [4.69, 9.17) is 5.73 Å². The van der Waals surface area contributed by atoms with Crippen molar-refractivity contribution in [3.05, 3.63) is 53.2 Å². The third kappa shape index (κ3) is 6.06. The molecule has 1 aromatic carbocycles. The number of aromatic nitrogens is 1. The van der Waals surface area contributed by atoms with Crippen molar-refractivity contribution in [3.63, 3.8) is 0 Å². The molecule has 3 aliphatic heterocycles. The molecular formula is C30H41N7O3. The molecule has 3 aliphatic rings. The average Bonchev–Trinajstić information content (AvgIpc) is 3.56. The third-order valence-corrected chi connectivity index (χ3v) is 8.63. The summed E-state index contributed by atoms with van der Waals surface area (Å²) in [6.45, 7) is 5.90. The molecule has 3 amide bonds. The second-order valence-corrected chi connectivity index (χ2v) is 11.3. The van der Waals surface area contributed by atoms with Gasteiger partial charge in [-0.05, 0) is 81.8 Å². The molecule has 214 valence electrons. The number of amides is 3. The van der Waals surface area contributed by atoms with E-state index in [1.165, 1.54) is 0 Å². The first-order chi connectivity index (χ1) is 19.4. The molecule has 10 heteroatoms. The summed E-state index contributed by atoms with van der Waals surface area (Å²) in [5, 5.41) is 12.9.